The second-order valence-corrected chi connectivity index (χ2v) is 25.2. The molecule has 0 heterocycles. The molecule has 16 heteroatoms. The summed E-state index contributed by atoms with van der Waals surface area (Å²) in [7, 11) is -3.30. The highest BCUT2D eigenvalue weighted by Gasteiger charge is 2.33. The lowest BCUT2D eigenvalue weighted by molar-refractivity contribution is -0.142. The highest BCUT2D eigenvalue weighted by Crippen LogP contribution is 2.23. The molecular formula is C52H91N3O12S. The molecule has 15 nitrogen and oxygen atoms in total. The highest BCUT2D eigenvalue weighted by atomic mass is 32.2. The molecule has 1 fully saturated rings. The number of aliphatic hydroxyl groups is 1. The molecule has 1 saturated carbocycles. The van der Waals surface area contributed by atoms with E-state index in [4.69, 9.17) is 9.84 Å². The van der Waals surface area contributed by atoms with Crippen molar-refractivity contribution >= 4 is 56.7 Å². The first-order valence-corrected chi connectivity index (χ1v) is 24.9. The average Bonchev–Trinajstić information content (AvgIpc) is 3.98. The molecule has 3 amide bonds. The van der Waals surface area contributed by atoms with Crippen LogP contribution in [-0.4, -0.2) is 90.7 Å². The minimum absolute atomic E-state index is 0.0174. The Morgan fingerprint density at radius 2 is 1.06 bits per heavy atom. The van der Waals surface area contributed by atoms with Gasteiger partial charge in [0, 0.05) is 58.0 Å². The van der Waals surface area contributed by atoms with Crippen LogP contribution in [-0.2, 0) is 59.5 Å². The van der Waals surface area contributed by atoms with Gasteiger partial charge < -0.3 is 25.8 Å². The number of hydrogen-bond donors (Lipinski definition) is 4. The van der Waals surface area contributed by atoms with E-state index in [9.17, 15) is 46.8 Å². The average molecular weight is 982 g/mol. The number of esters is 1. The minimum atomic E-state index is -3.30. The number of hydrogen-bond acceptors (Lipinski definition) is 12. The van der Waals surface area contributed by atoms with Crippen LogP contribution < -0.4 is 16.0 Å². The number of nitrogens with one attached hydrogen (secondary N) is 3. The molecule has 0 radical (unpaired) electrons. The van der Waals surface area contributed by atoms with E-state index in [-0.39, 0.29) is 52.0 Å². The third-order valence-corrected chi connectivity index (χ3v) is 10.0. The molecule has 1 aromatic carbocycles. The van der Waals surface area contributed by atoms with Crippen LogP contribution in [0.2, 0.25) is 0 Å². The van der Waals surface area contributed by atoms with Gasteiger partial charge in [0.05, 0.1) is 6.61 Å². The molecule has 2 rings (SSSR count). The molecular weight excluding hydrogens is 891 g/mol. The number of aliphatic hydroxyl groups excluding tert-OH is 1. The Morgan fingerprint density at radius 1 is 0.676 bits per heavy atom. The maximum Gasteiger partial charge on any atom is 0.330 e. The summed E-state index contributed by atoms with van der Waals surface area (Å²) in [6.07, 6.45) is 6.38. The van der Waals surface area contributed by atoms with Gasteiger partial charge in [0.1, 0.15) is 5.78 Å². The summed E-state index contributed by atoms with van der Waals surface area (Å²) in [6.45, 7) is 40.4. The van der Waals surface area contributed by atoms with Crippen LogP contribution in [0.5, 0.6) is 0 Å². The second-order valence-electron chi connectivity index (χ2n) is 23.1. The third-order valence-electron chi connectivity index (χ3n) is 8.50. The Labute approximate surface area is 410 Å². The van der Waals surface area contributed by atoms with Gasteiger partial charge in [-0.05, 0) is 51.5 Å². The van der Waals surface area contributed by atoms with E-state index in [1.165, 1.54) is 6.08 Å². The number of allylic oxidation sites excluding steroid dienone is 1. The largest absolute Gasteiger partial charge is 0.463 e. The van der Waals surface area contributed by atoms with E-state index in [1.54, 1.807) is 96.9 Å². The Hall–Kier alpha value is -4.57. The van der Waals surface area contributed by atoms with E-state index >= 15 is 0 Å². The van der Waals surface area contributed by atoms with Crippen molar-refractivity contribution in [2.24, 2.45) is 32.5 Å². The van der Waals surface area contributed by atoms with E-state index in [1.807, 2.05) is 91.8 Å². The molecule has 1 aliphatic carbocycles. The van der Waals surface area contributed by atoms with Crippen molar-refractivity contribution in [3.05, 3.63) is 48.0 Å². The topological polar surface area (TPSA) is 236 Å². The van der Waals surface area contributed by atoms with Gasteiger partial charge >= 0.3 is 5.97 Å². The molecule has 1 aromatic rings. The Balaban J connectivity index is -0.000000367. The molecule has 1 atom stereocenters. The first-order chi connectivity index (χ1) is 30.1. The summed E-state index contributed by atoms with van der Waals surface area (Å²) in [5, 5.41) is 17.0. The minimum Gasteiger partial charge on any atom is -0.463 e. The first-order valence-electron chi connectivity index (χ1n) is 22.9. The normalized spacial score (nSPS) is 13.2. The number of Topliss-reactive ketones (excluding diaryl/α,β-unsaturated/α-hetero) is 4. The molecule has 392 valence electrons. The maximum atomic E-state index is 11.6. The molecule has 0 saturated heterocycles. The van der Waals surface area contributed by atoms with Crippen LogP contribution in [0.3, 0.4) is 0 Å². The van der Waals surface area contributed by atoms with Gasteiger partial charge in [0.15, 0.2) is 15.3 Å². The lowest BCUT2D eigenvalue weighted by atomic mass is 9.90. The van der Waals surface area contributed by atoms with Crippen LogP contribution in [0.15, 0.2) is 42.5 Å². The number of benzene rings is 1. The van der Waals surface area contributed by atoms with E-state index in [0.717, 1.165) is 24.7 Å². The highest BCUT2D eigenvalue weighted by molar-refractivity contribution is 7.91. The zero-order chi connectivity index (χ0) is 55.0. The summed E-state index contributed by atoms with van der Waals surface area (Å²) in [5.74, 6) is -2.53. The summed E-state index contributed by atoms with van der Waals surface area (Å²) < 4.78 is 26.2. The van der Waals surface area contributed by atoms with Gasteiger partial charge in [-0.3, -0.25) is 33.6 Å². The monoisotopic (exact) mass is 982 g/mol. The van der Waals surface area contributed by atoms with Crippen molar-refractivity contribution in [2.75, 3.05) is 12.9 Å². The van der Waals surface area contributed by atoms with Crippen LogP contribution >= 0.6 is 0 Å². The summed E-state index contributed by atoms with van der Waals surface area (Å²) in [6, 6.07) is 9.79. The van der Waals surface area contributed by atoms with Crippen molar-refractivity contribution in [1.29, 1.82) is 0 Å². The van der Waals surface area contributed by atoms with E-state index in [0.29, 0.717) is 13.2 Å². The quantitative estimate of drug-likeness (QED) is 0.0989. The molecule has 0 spiro atoms. The predicted octanol–water partition coefficient (Wildman–Crippen LogP) is 8.09. The lowest BCUT2D eigenvalue weighted by Crippen LogP contribution is -2.41. The zero-order valence-corrected chi connectivity index (χ0v) is 46.8. The zero-order valence-electron chi connectivity index (χ0n) is 45.9. The third kappa shape index (κ3) is 38.4. The fourth-order valence-electron chi connectivity index (χ4n) is 3.84. The van der Waals surface area contributed by atoms with Crippen LogP contribution in [0.1, 0.15) is 171 Å². The molecule has 1 unspecified atom stereocenters. The number of amides is 3. The molecule has 0 bridgehead atoms. The van der Waals surface area contributed by atoms with Gasteiger partial charge in [-0.25, -0.2) is 13.2 Å². The molecule has 1 aliphatic rings. The summed E-state index contributed by atoms with van der Waals surface area (Å²) in [5.41, 5.74) is -2.73. The van der Waals surface area contributed by atoms with Gasteiger partial charge in [-0.15, -0.1) is 0 Å². The number of rotatable bonds is 10. The fraction of sp³-hybridized carbons (Fsp3) is 0.692. The smallest absolute Gasteiger partial charge is 0.330 e. The van der Waals surface area contributed by atoms with Crippen LogP contribution in [0.25, 0.3) is 0 Å². The van der Waals surface area contributed by atoms with E-state index in [2.05, 4.69) is 16.0 Å². The molecule has 0 aliphatic heterocycles. The fourth-order valence-corrected chi connectivity index (χ4v) is 5.12. The van der Waals surface area contributed by atoms with Crippen molar-refractivity contribution in [3.63, 3.8) is 0 Å². The number of ether oxygens (including phenoxy) is 1. The second kappa shape index (κ2) is 30.1. The van der Waals surface area contributed by atoms with Gasteiger partial charge in [0.2, 0.25) is 17.3 Å². The molecule has 4 N–H and O–H groups in total. The lowest BCUT2D eigenvalue weighted by Gasteiger charge is -2.23. The van der Waals surface area contributed by atoms with Gasteiger partial charge in [0.25, 0.3) is 17.7 Å². The number of carbonyl (C=O) groups is 8. The Morgan fingerprint density at radius 3 is 1.34 bits per heavy atom. The maximum absolute atomic E-state index is 11.6. The van der Waals surface area contributed by atoms with Crippen molar-refractivity contribution in [2.45, 2.75) is 189 Å². The Kier molecular flexibility index (Phi) is 31.0. The molecule has 0 aromatic heterocycles. The van der Waals surface area contributed by atoms with Crippen molar-refractivity contribution in [3.8, 4) is 0 Å². The summed E-state index contributed by atoms with van der Waals surface area (Å²) in [4.78, 5) is 89.2. The van der Waals surface area contributed by atoms with Crippen molar-refractivity contribution in [1.82, 2.24) is 16.0 Å². The van der Waals surface area contributed by atoms with Crippen LogP contribution in [0.4, 0.5) is 0 Å². The Bertz CT molecular complexity index is 1870. The number of ketones is 4. The van der Waals surface area contributed by atoms with Crippen molar-refractivity contribution < 1.29 is 56.6 Å². The number of carbonyl (C=O) groups excluding carboxylic acids is 8. The predicted molar refractivity (Wildman–Crippen MR) is 272 cm³/mol. The van der Waals surface area contributed by atoms with Gasteiger partial charge in [-0.1, -0.05) is 161 Å². The van der Waals surface area contributed by atoms with Gasteiger partial charge in [-0.2, -0.15) is 0 Å². The van der Waals surface area contributed by atoms with E-state index < -0.39 is 54.7 Å². The summed E-state index contributed by atoms with van der Waals surface area (Å²) >= 11 is 0. The number of sulfone groups is 1. The van der Waals surface area contributed by atoms with Crippen LogP contribution in [0, 0.1) is 32.5 Å². The standard InChI is InChI=1S/C13H17NO2.C9H15NO2.C9H17NO2.C9H16O2.C6H14O3S.C6H12O/c1-13(2,3)11(15)12(16)14-9-10-7-5-4-6-8-10;1-9(2,3)7(11)8(12)10-6-4-5-6;1-6(2)10-8(12)7(11)9(3,4)5;1-5-11-8(10)6-7-9(2,3)4;1-6(2,3)5(7)10(4,8)9;1-5(7)6(2,3)4/h4-8H,9H2,1-3H3,(H,14,16);6H,4-5H2,1-3H3,(H,10,12);6H,1-5H3,(H,10,12);6-7H,5H2,1-4H3;5,7H,1-4H3;1-4H3/b;;;7-6+;;. The first kappa shape index (κ1) is 70.0. The molecule has 68 heavy (non-hydrogen) atoms. The SMILES string of the molecule is CC(=O)C(C)(C)C.CC(C)(C)C(=O)C(=O)NC1CC1.CC(C)(C)C(=O)C(=O)NCc1ccccc1.CC(C)(C)C(O)S(C)(=O)=O.CC(C)NC(=O)C(=O)C(C)(C)C.CCOC(=O)/C=C/C(C)(C)C.